The van der Waals surface area contributed by atoms with Crippen LogP contribution in [-0.2, 0) is 0 Å². The Morgan fingerprint density at radius 2 is 2.12 bits per heavy atom. The van der Waals surface area contributed by atoms with Gasteiger partial charge in [0.1, 0.15) is 23.7 Å². The van der Waals surface area contributed by atoms with E-state index in [9.17, 15) is 4.39 Å². The summed E-state index contributed by atoms with van der Waals surface area (Å²) in [6.45, 7) is 3.32. The Hall–Kier alpha value is -2.40. The molecule has 4 nitrogen and oxygen atoms in total. The van der Waals surface area contributed by atoms with E-state index in [4.69, 9.17) is 9.15 Å². The van der Waals surface area contributed by atoms with Crippen molar-refractivity contribution in [3.8, 4) is 5.75 Å². The van der Waals surface area contributed by atoms with Gasteiger partial charge in [0.05, 0.1) is 0 Å². The van der Waals surface area contributed by atoms with Crippen molar-refractivity contribution in [1.29, 1.82) is 0 Å². The summed E-state index contributed by atoms with van der Waals surface area (Å²) in [4.78, 5) is 7.01. The number of rotatable bonds is 5. The van der Waals surface area contributed by atoms with Crippen molar-refractivity contribution in [2.75, 3.05) is 26.2 Å². The minimum atomic E-state index is -0.272. The highest BCUT2D eigenvalue weighted by Gasteiger charge is 2.25. The molecule has 0 N–H and O–H groups in total. The molecule has 1 unspecified atom stereocenters. The zero-order valence-corrected chi connectivity index (χ0v) is 14.0. The van der Waals surface area contributed by atoms with Crippen LogP contribution in [0.15, 0.2) is 52.9 Å². The lowest BCUT2D eigenvalue weighted by atomic mass is 9.98. The molecule has 4 rings (SSSR count). The Morgan fingerprint density at radius 3 is 3.00 bits per heavy atom. The summed E-state index contributed by atoms with van der Waals surface area (Å²) in [7, 11) is 0. The zero-order chi connectivity index (χ0) is 17.1. The summed E-state index contributed by atoms with van der Waals surface area (Å²) in [5.74, 6) is 1.45. The molecule has 5 heteroatoms. The number of ether oxygens (including phenoxy) is 1. The number of halogens is 1. The molecule has 130 valence electrons. The first-order chi connectivity index (χ1) is 12.3. The van der Waals surface area contributed by atoms with Crippen LogP contribution in [0.1, 0.15) is 24.7 Å². The van der Waals surface area contributed by atoms with Gasteiger partial charge >= 0.3 is 0 Å². The third-order valence-corrected chi connectivity index (χ3v) is 4.64. The average Bonchev–Trinajstić information content (AvgIpc) is 3.06. The van der Waals surface area contributed by atoms with Crippen molar-refractivity contribution in [2.24, 2.45) is 0 Å². The quantitative estimate of drug-likeness (QED) is 0.697. The zero-order valence-electron chi connectivity index (χ0n) is 14.0. The third kappa shape index (κ3) is 3.82. The number of benzene rings is 2. The summed E-state index contributed by atoms with van der Waals surface area (Å²) in [6, 6.07) is 14.2. The number of hydrogen-bond donors (Lipinski definition) is 0. The molecule has 1 aromatic heterocycles. The number of oxazole rings is 1. The fraction of sp³-hybridized carbons (Fsp3) is 0.350. The average molecular weight is 340 g/mol. The van der Waals surface area contributed by atoms with Gasteiger partial charge in [-0.1, -0.05) is 18.2 Å². The van der Waals surface area contributed by atoms with Crippen LogP contribution < -0.4 is 4.74 Å². The van der Waals surface area contributed by atoms with Crippen LogP contribution in [-0.4, -0.2) is 36.1 Å². The molecule has 1 aliphatic rings. The Labute approximate surface area is 146 Å². The Morgan fingerprint density at radius 1 is 1.20 bits per heavy atom. The number of aromatic nitrogens is 1. The van der Waals surface area contributed by atoms with E-state index in [2.05, 4.69) is 9.88 Å². The van der Waals surface area contributed by atoms with Gasteiger partial charge in [-0.2, -0.15) is 0 Å². The van der Waals surface area contributed by atoms with Gasteiger partial charge < -0.3 is 9.15 Å². The van der Waals surface area contributed by atoms with Crippen molar-refractivity contribution in [3.05, 3.63) is 60.2 Å². The molecule has 0 amide bonds. The maximum atomic E-state index is 13.2. The molecule has 2 aromatic carbocycles. The largest absolute Gasteiger partial charge is 0.492 e. The molecular weight excluding hydrogens is 319 g/mol. The maximum absolute atomic E-state index is 13.2. The summed E-state index contributed by atoms with van der Waals surface area (Å²) in [5.41, 5.74) is 1.77. The number of likely N-dealkylation sites (tertiary alicyclic amines) is 1. The van der Waals surface area contributed by atoms with Crippen LogP contribution in [0.2, 0.25) is 0 Å². The number of fused-ring (bicyclic) bond motifs is 1. The van der Waals surface area contributed by atoms with E-state index in [0.717, 1.165) is 49.5 Å². The number of piperidine rings is 1. The van der Waals surface area contributed by atoms with E-state index in [-0.39, 0.29) is 5.82 Å². The molecule has 0 radical (unpaired) electrons. The first-order valence-corrected chi connectivity index (χ1v) is 8.74. The van der Waals surface area contributed by atoms with Crippen LogP contribution in [0.25, 0.3) is 11.1 Å². The predicted molar refractivity (Wildman–Crippen MR) is 94.3 cm³/mol. The van der Waals surface area contributed by atoms with Gasteiger partial charge in [0.2, 0.25) is 0 Å². The number of para-hydroxylation sites is 2. The predicted octanol–water partition coefficient (Wildman–Crippen LogP) is 4.23. The molecule has 1 saturated heterocycles. The van der Waals surface area contributed by atoms with E-state index >= 15 is 0 Å². The van der Waals surface area contributed by atoms with Gasteiger partial charge in [-0.25, -0.2) is 9.37 Å². The number of nitrogens with zero attached hydrogens (tertiary/aromatic N) is 2. The topological polar surface area (TPSA) is 38.5 Å². The van der Waals surface area contributed by atoms with E-state index in [1.54, 1.807) is 12.1 Å². The molecule has 1 aliphatic heterocycles. The monoisotopic (exact) mass is 340 g/mol. The summed E-state index contributed by atoms with van der Waals surface area (Å²) < 4.78 is 24.8. The van der Waals surface area contributed by atoms with Crippen LogP contribution in [0.3, 0.4) is 0 Å². The summed E-state index contributed by atoms with van der Waals surface area (Å²) >= 11 is 0. The molecule has 2 heterocycles. The van der Waals surface area contributed by atoms with E-state index in [1.165, 1.54) is 12.1 Å². The first kappa shape index (κ1) is 16.1. The number of hydrogen-bond acceptors (Lipinski definition) is 4. The highest BCUT2D eigenvalue weighted by molar-refractivity contribution is 5.72. The summed E-state index contributed by atoms with van der Waals surface area (Å²) in [6.07, 6.45) is 2.21. The minimum absolute atomic E-state index is 0.272. The second kappa shape index (κ2) is 7.23. The minimum Gasteiger partial charge on any atom is -0.492 e. The SMILES string of the molecule is Fc1cccc(OCCN2CCCC(c3nc4ccccc4o3)C2)c1. The van der Waals surface area contributed by atoms with E-state index in [0.29, 0.717) is 18.3 Å². The fourth-order valence-electron chi connectivity index (χ4n) is 3.37. The molecule has 0 spiro atoms. The Bertz CT molecular complexity index is 815. The first-order valence-electron chi connectivity index (χ1n) is 8.74. The van der Waals surface area contributed by atoms with Gasteiger partial charge in [0.25, 0.3) is 0 Å². The summed E-state index contributed by atoms with van der Waals surface area (Å²) in [5, 5.41) is 0. The molecule has 0 aliphatic carbocycles. The second-order valence-electron chi connectivity index (χ2n) is 6.47. The van der Waals surface area contributed by atoms with Gasteiger partial charge in [-0.15, -0.1) is 0 Å². The third-order valence-electron chi connectivity index (χ3n) is 4.64. The smallest absolute Gasteiger partial charge is 0.199 e. The van der Waals surface area contributed by atoms with Gasteiger partial charge in [0, 0.05) is 25.1 Å². The molecule has 0 saturated carbocycles. The van der Waals surface area contributed by atoms with Crippen LogP contribution >= 0.6 is 0 Å². The van der Waals surface area contributed by atoms with Crippen molar-refractivity contribution < 1.29 is 13.5 Å². The highest BCUT2D eigenvalue weighted by Crippen LogP contribution is 2.28. The van der Waals surface area contributed by atoms with Gasteiger partial charge in [0.15, 0.2) is 11.5 Å². The van der Waals surface area contributed by atoms with E-state index in [1.807, 2.05) is 24.3 Å². The molecule has 3 aromatic rings. The van der Waals surface area contributed by atoms with Crippen molar-refractivity contribution >= 4 is 11.1 Å². The molecule has 25 heavy (non-hydrogen) atoms. The molecule has 0 bridgehead atoms. The molecule has 1 atom stereocenters. The fourth-order valence-corrected chi connectivity index (χ4v) is 3.37. The van der Waals surface area contributed by atoms with Crippen molar-refractivity contribution in [1.82, 2.24) is 9.88 Å². The van der Waals surface area contributed by atoms with Crippen molar-refractivity contribution in [2.45, 2.75) is 18.8 Å². The Kier molecular flexibility index (Phi) is 4.65. The van der Waals surface area contributed by atoms with E-state index < -0.39 is 0 Å². The van der Waals surface area contributed by atoms with Crippen LogP contribution in [0.5, 0.6) is 5.75 Å². The van der Waals surface area contributed by atoms with Gasteiger partial charge in [-0.3, -0.25) is 4.90 Å². The molecular formula is C20H21FN2O2. The highest BCUT2D eigenvalue weighted by atomic mass is 19.1. The maximum Gasteiger partial charge on any atom is 0.199 e. The lowest BCUT2D eigenvalue weighted by Crippen LogP contribution is -2.37. The molecule has 1 fully saturated rings. The lowest BCUT2D eigenvalue weighted by Gasteiger charge is -2.31. The standard InChI is InChI=1S/C20H21FN2O2/c21-16-6-3-7-17(13-16)24-12-11-23-10-4-5-15(14-23)20-22-18-8-1-2-9-19(18)25-20/h1-3,6-9,13,15H,4-5,10-12,14H2. The van der Waals surface area contributed by atoms with Crippen LogP contribution in [0, 0.1) is 5.82 Å². The second-order valence-corrected chi connectivity index (χ2v) is 6.47. The van der Waals surface area contributed by atoms with Crippen LogP contribution in [0.4, 0.5) is 4.39 Å². The van der Waals surface area contributed by atoms with Crippen molar-refractivity contribution in [3.63, 3.8) is 0 Å². The normalized spacial score (nSPS) is 18.5. The van der Waals surface area contributed by atoms with Gasteiger partial charge in [-0.05, 0) is 43.7 Å². The lowest BCUT2D eigenvalue weighted by molar-refractivity contribution is 0.162. The Balaban J connectivity index is 1.34.